The molecule has 1 saturated heterocycles. The summed E-state index contributed by atoms with van der Waals surface area (Å²) >= 11 is 1.67. The zero-order valence-corrected chi connectivity index (χ0v) is 12.6. The quantitative estimate of drug-likeness (QED) is 0.939. The molecule has 1 fully saturated rings. The topological polar surface area (TPSA) is 56.3 Å². The van der Waals surface area contributed by atoms with Gasteiger partial charge in [0.25, 0.3) is 0 Å². The molecule has 0 atom stereocenters. The second-order valence-electron chi connectivity index (χ2n) is 5.04. The van der Waals surface area contributed by atoms with E-state index in [2.05, 4.69) is 28.3 Å². The molecule has 2 aromatic rings. The van der Waals surface area contributed by atoms with E-state index in [-0.39, 0.29) is 0 Å². The SMILES string of the molecule is CNc1nc(OCC2CCOCC2)c2cc(C)sc2n1. The molecule has 5 nitrogen and oxygen atoms in total. The lowest BCUT2D eigenvalue weighted by molar-refractivity contribution is 0.0493. The average molecular weight is 293 g/mol. The number of hydrogen-bond acceptors (Lipinski definition) is 6. The summed E-state index contributed by atoms with van der Waals surface area (Å²) in [6.45, 7) is 4.46. The van der Waals surface area contributed by atoms with Crippen LogP contribution in [0.5, 0.6) is 5.88 Å². The summed E-state index contributed by atoms with van der Waals surface area (Å²) in [6.07, 6.45) is 2.13. The summed E-state index contributed by atoms with van der Waals surface area (Å²) < 4.78 is 11.3. The van der Waals surface area contributed by atoms with Gasteiger partial charge in [0, 0.05) is 25.1 Å². The van der Waals surface area contributed by atoms with Gasteiger partial charge in [0.2, 0.25) is 11.8 Å². The van der Waals surface area contributed by atoms with Crippen molar-refractivity contribution >= 4 is 27.5 Å². The number of hydrogen-bond donors (Lipinski definition) is 1. The first-order valence-electron chi connectivity index (χ1n) is 6.92. The van der Waals surface area contributed by atoms with Crippen LogP contribution >= 0.6 is 11.3 Å². The predicted molar refractivity (Wildman–Crippen MR) is 80.7 cm³/mol. The number of aromatic nitrogens is 2. The fraction of sp³-hybridized carbons (Fsp3) is 0.571. The molecule has 3 rings (SSSR count). The molecule has 0 bridgehead atoms. The zero-order valence-electron chi connectivity index (χ0n) is 11.8. The van der Waals surface area contributed by atoms with Crippen molar-refractivity contribution < 1.29 is 9.47 Å². The third kappa shape index (κ3) is 2.86. The van der Waals surface area contributed by atoms with Crippen LogP contribution in [0.15, 0.2) is 6.07 Å². The van der Waals surface area contributed by atoms with E-state index in [1.807, 2.05) is 7.05 Å². The van der Waals surface area contributed by atoms with Crippen LogP contribution in [0.1, 0.15) is 17.7 Å². The van der Waals surface area contributed by atoms with Crippen LogP contribution < -0.4 is 10.1 Å². The van der Waals surface area contributed by atoms with Crippen molar-refractivity contribution in [2.24, 2.45) is 5.92 Å². The minimum absolute atomic E-state index is 0.562. The molecule has 0 saturated carbocycles. The van der Waals surface area contributed by atoms with Crippen molar-refractivity contribution in [1.82, 2.24) is 9.97 Å². The van der Waals surface area contributed by atoms with Crippen molar-refractivity contribution in [3.8, 4) is 5.88 Å². The second-order valence-corrected chi connectivity index (χ2v) is 6.28. The van der Waals surface area contributed by atoms with Gasteiger partial charge in [-0.2, -0.15) is 4.98 Å². The monoisotopic (exact) mass is 293 g/mol. The number of anilines is 1. The Kier molecular flexibility index (Phi) is 4.03. The van der Waals surface area contributed by atoms with Crippen LogP contribution in [-0.4, -0.2) is 36.8 Å². The van der Waals surface area contributed by atoms with E-state index in [0.29, 0.717) is 24.4 Å². The minimum atomic E-state index is 0.562. The van der Waals surface area contributed by atoms with Gasteiger partial charge in [-0.25, -0.2) is 4.98 Å². The number of nitrogens with zero attached hydrogens (tertiary/aromatic N) is 2. The maximum atomic E-state index is 5.97. The van der Waals surface area contributed by atoms with Gasteiger partial charge in [-0.1, -0.05) is 0 Å². The van der Waals surface area contributed by atoms with Crippen LogP contribution in [0.25, 0.3) is 10.2 Å². The van der Waals surface area contributed by atoms with Gasteiger partial charge >= 0.3 is 0 Å². The number of ether oxygens (including phenoxy) is 2. The molecule has 0 aromatic carbocycles. The molecule has 0 aliphatic carbocycles. The Morgan fingerprint density at radius 3 is 2.95 bits per heavy atom. The highest BCUT2D eigenvalue weighted by Crippen LogP contribution is 2.31. The van der Waals surface area contributed by atoms with Crippen molar-refractivity contribution in [3.05, 3.63) is 10.9 Å². The molecule has 1 N–H and O–H groups in total. The van der Waals surface area contributed by atoms with Crippen LogP contribution in [0, 0.1) is 12.8 Å². The Morgan fingerprint density at radius 1 is 1.40 bits per heavy atom. The summed E-state index contributed by atoms with van der Waals surface area (Å²) in [5.41, 5.74) is 0. The van der Waals surface area contributed by atoms with E-state index in [4.69, 9.17) is 9.47 Å². The van der Waals surface area contributed by atoms with E-state index in [9.17, 15) is 0 Å². The predicted octanol–water partition coefficient (Wildman–Crippen LogP) is 2.85. The summed E-state index contributed by atoms with van der Waals surface area (Å²) in [5, 5.41) is 4.00. The summed E-state index contributed by atoms with van der Waals surface area (Å²) in [6, 6.07) is 2.10. The van der Waals surface area contributed by atoms with Crippen LogP contribution in [0.3, 0.4) is 0 Å². The third-order valence-electron chi connectivity index (χ3n) is 3.50. The second kappa shape index (κ2) is 5.93. The Balaban J connectivity index is 1.81. The molecule has 20 heavy (non-hydrogen) atoms. The fourth-order valence-corrected chi connectivity index (χ4v) is 3.22. The molecule has 0 unspecified atom stereocenters. The van der Waals surface area contributed by atoms with E-state index in [0.717, 1.165) is 36.3 Å². The lowest BCUT2D eigenvalue weighted by atomic mass is 10.0. The molecular weight excluding hydrogens is 274 g/mol. The smallest absolute Gasteiger partial charge is 0.227 e. The van der Waals surface area contributed by atoms with E-state index < -0.39 is 0 Å². The van der Waals surface area contributed by atoms with E-state index in [1.54, 1.807) is 11.3 Å². The number of fused-ring (bicyclic) bond motifs is 1. The average Bonchev–Trinajstić information content (AvgIpc) is 2.86. The Bertz CT molecular complexity index is 593. The lowest BCUT2D eigenvalue weighted by Crippen LogP contribution is -2.21. The van der Waals surface area contributed by atoms with Gasteiger partial charge < -0.3 is 14.8 Å². The Labute approximate surface area is 122 Å². The first-order chi connectivity index (χ1) is 9.76. The molecule has 6 heteroatoms. The zero-order chi connectivity index (χ0) is 13.9. The Hall–Kier alpha value is -1.40. The van der Waals surface area contributed by atoms with Crippen molar-refractivity contribution in [1.29, 1.82) is 0 Å². The molecule has 0 amide bonds. The van der Waals surface area contributed by atoms with Crippen molar-refractivity contribution in [2.45, 2.75) is 19.8 Å². The molecule has 1 aliphatic rings. The van der Waals surface area contributed by atoms with Gasteiger partial charge in [-0.05, 0) is 31.7 Å². The maximum absolute atomic E-state index is 5.97. The number of rotatable bonds is 4. The molecule has 0 spiro atoms. The van der Waals surface area contributed by atoms with Crippen molar-refractivity contribution in [2.75, 3.05) is 32.2 Å². The maximum Gasteiger partial charge on any atom is 0.227 e. The highest BCUT2D eigenvalue weighted by Gasteiger charge is 2.17. The van der Waals surface area contributed by atoms with Gasteiger partial charge in [0.15, 0.2) is 0 Å². The van der Waals surface area contributed by atoms with Crippen LogP contribution in [0.4, 0.5) is 5.95 Å². The summed E-state index contributed by atoms with van der Waals surface area (Å²) in [7, 11) is 1.82. The number of thiophene rings is 1. The van der Waals surface area contributed by atoms with Crippen molar-refractivity contribution in [3.63, 3.8) is 0 Å². The molecular formula is C14H19N3O2S. The fourth-order valence-electron chi connectivity index (χ4n) is 2.35. The van der Waals surface area contributed by atoms with Crippen LogP contribution in [-0.2, 0) is 4.74 Å². The van der Waals surface area contributed by atoms with Gasteiger partial charge in [-0.3, -0.25) is 0 Å². The van der Waals surface area contributed by atoms with Crippen LogP contribution in [0.2, 0.25) is 0 Å². The highest BCUT2D eigenvalue weighted by atomic mass is 32.1. The van der Waals surface area contributed by atoms with Gasteiger partial charge in [0.1, 0.15) is 4.83 Å². The largest absolute Gasteiger partial charge is 0.477 e. The first-order valence-corrected chi connectivity index (χ1v) is 7.74. The van der Waals surface area contributed by atoms with Gasteiger partial charge in [0.05, 0.1) is 12.0 Å². The third-order valence-corrected chi connectivity index (χ3v) is 4.45. The Morgan fingerprint density at radius 2 is 2.20 bits per heavy atom. The number of aryl methyl sites for hydroxylation is 1. The molecule has 108 valence electrons. The van der Waals surface area contributed by atoms with Gasteiger partial charge in [-0.15, -0.1) is 11.3 Å². The van der Waals surface area contributed by atoms with E-state index in [1.165, 1.54) is 4.88 Å². The molecule has 1 aliphatic heterocycles. The normalized spacial score (nSPS) is 16.5. The van der Waals surface area contributed by atoms with E-state index >= 15 is 0 Å². The standard InChI is InChI=1S/C14H19N3O2S/c1-9-7-11-12(16-14(15-2)17-13(11)20-9)19-8-10-3-5-18-6-4-10/h7,10H,3-6,8H2,1-2H3,(H,15,16,17). The summed E-state index contributed by atoms with van der Waals surface area (Å²) in [5.74, 6) is 1.86. The lowest BCUT2D eigenvalue weighted by Gasteiger charge is -2.21. The molecule has 3 heterocycles. The molecule has 0 radical (unpaired) electrons. The number of nitrogens with one attached hydrogen (secondary N) is 1. The molecule has 2 aromatic heterocycles. The minimum Gasteiger partial charge on any atom is -0.477 e. The highest BCUT2D eigenvalue weighted by molar-refractivity contribution is 7.18. The summed E-state index contributed by atoms with van der Waals surface area (Å²) in [4.78, 5) is 11.1. The first kappa shape index (κ1) is 13.6.